The molecule has 0 spiro atoms. The van der Waals surface area contributed by atoms with E-state index >= 15 is 0 Å². The molecule has 3 aromatic carbocycles. The average molecular weight is 466 g/mol. The van der Waals surface area contributed by atoms with Crippen molar-refractivity contribution in [1.29, 1.82) is 0 Å². The molecule has 4 rings (SSSR count). The molecule has 0 atom stereocenters. The minimum atomic E-state index is -0.362. The standard InChI is InChI=1S/C26H25ClFN3O2/c27-20-9-13-22(14-10-20)33-18-4-3-17-31-24-6-2-1-5-23(24)30-25(31)15-16-29-26(32)19-7-11-21(28)12-8-19/h1-2,5-14H,3-4,15-18H2,(H,29,32). The summed E-state index contributed by atoms with van der Waals surface area (Å²) in [6, 6.07) is 20.9. The van der Waals surface area contributed by atoms with Crippen molar-refractivity contribution >= 4 is 28.5 Å². The molecule has 1 N–H and O–H groups in total. The summed E-state index contributed by atoms with van der Waals surface area (Å²) >= 11 is 5.90. The fourth-order valence-corrected chi connectivity index (χ4v) is 3.78. The predicted molar refractivity (Wildman–Crippen MR) is 128 cm³/mol. The molecule has 1 amide bonds. The first kappa shape index (κ1) is 22.8. The van der Waals surface area contributed by atoms with Crippen LogP contribution in [0.15, 0.2) is 72.8 Å². The van der Waals surface area contributed by atoms with Crippen LogP contribution < -0.4 is 10.1 Å². The topological polar surface area (TPSA) is 56.2 Å². The zero-order valence-corrected chi connectivity index (χ0v) is 18.9. The number of nitrogens with zero attached hydrogens (tertiary/aromatic N) is 2. The number of aromatic nitrogens is 2. The fraction of sp³-hybridized carbons (Fsp3) is 0.231. The van der Waals surface area contributed by atoms with Crippen LogP contribution in [0.5, 0.6) is 5.75 Å². The second-order valence-corrected chi connectivity index (χ2v) is 8.13. The number of nitrogens with one attached hydrogen (secondary N) is 1. The van der Waals surface area contributed by atoms with Crippen molar-refractivity contribution in [2.75, 3.05) is 13.2 Å². The highest BCUT2D eigenvalue weighted by atomic mass is 35.5. The zero-order chi connectivity index (χ0) is 23.0. The van der Waals surface area contributed by atoms with Gasteiger partial charge in [0.1, 0.15) is 17.4 Å². The number of carbonyl (C=O) groups excluding carboxylic acids is 1. The van der Waals surface area contributed by atoms with Crippen molar-refractivity contribution in [3.63, 3.8) is 0 Å². The molecule has 0 saturated carbocycles. The number of benzene rings is 3. The summed E-state index contributed by atoms with van der Waals surface area (Å²) in [5.74, 6) is 1.15. The molecule has 0 bridgehead atoms. The van der Waals surface area contributed by atoms with Gasteiger partial charge in [0.2, 0.25) is 0 Å². The SMILES string of the molecule is O=C(NCCc1nc2ccccc2n1CCCCOc1ccc(Cl)cc1)c1ccc(F)cc1. The lowest BCUT2D eigenvalue weighted by Crippen LogP contribution is -2.26. The number of imidazole rings is 1. The largest absolute Gasteiger partial charge is 0.494 e. The smallest absolute Gasteiger partial charge is 0.251 e. The molecular weight excluding hydrogens is 441 g/mol. The van der Waals surface area contributed by atoms with Crippen LogP contribution >= 0.6 is 11.6 Å². The second-order valence-electron chi connectivity index (χ2n) is 7.69. The van der Waals surface area contributed by atoms with E-state index < -0.39 is 0 Å². The van der Waals surface area contributed by atoms with E-state index in [1.165, 1.54) is 24.3 Å². The Bertz CT molecular complexity index is 1210. The summed E-state index contributed by atoms with van der Waals surface area (Å²) in [5.41, 5.74) is 2.45. The second kappa shape index (κ2) is 11.0. The molecular formula is C26H25ClFN3O2. The molecule has 0 aliphatic heterocycles. The number of ether oxygens (including phenoxy) is 1. The predicted octanol–water partition coefficient (Wildman–Crippen LogP) is 5.66. The lowest BCUT2D eigenvalue weighted by Gasteiger charge is -2.11. The zero-order valence-electron chi connectivity index (χ0n) is 18.1. The van der Waals surface area contributed by atoms with Gasteiger partial charge in [0, 0.05) is 30.1 Å². The van der Waals surface area contributed by atoms with E-state index in [0.29, 0.717) is 30.2 Å². The van der Waals surface area contributed by atoms with Crippen LogP contribution in [-0.2, 0) is 13.0 Å². The summed E-state index contributed by atoms with van der Waals surface area (Å²) in [5, 5.41) is 3.58. The maximum absolute atomic E-state index is 13.1. The van der Waals surface area contributed by atoms with Crippen molar-refractivity contribution in [2.45, 2.75) is 25.8 Å². The van der Waals surface area contributed by atoms with E-state index in [1.54, 1.807) is 0 Å². The number of carbonyl (C=O) groups is 1. The number of para-hydroxylation sites is 2. The van der Waals surface area contributed by atoms with Gasteiger partial charge >= 0.3 is 0 Å². The number of hydrogen-bond acceptors (Lipinski definition) is 3. The van der Waals surface area contributed by atoms with Crippen LogP contribution in [0.2, 0.25) is 5.02 Å². The molecule has 0 radical (unpaired) electrons. The van der Waals surface area contributed by atoms with Crippen LogP contribution in [0, 0.1) is 5.82 Å². The molecule has 0 fully saturated rings. The van der Waals surface area contributed by atoms with E-state index in [1.807, 2.05) is 42.5 Å². The first-order valence-corrected chi connectivity index (χ1v) is 11.3. The molecule has 5 nitrogen and oxygen atoms in total. The lowest BCUT2D eigenvalue weighted by atomic mass is 10.2. The van der Waals surface area contributed by atoms with E-state index in [2.05, 4.69) is 16.0 Å². The molecule has 4 aromatic rings. The third-order valence-corrected chi connectivity index (χ3v) is 5.58. The highest BCUT2D eigenvalue weighted by Crippen LogP contribution is 2.18. The quantitative estimate of drug-likeness (QED) is 0.307. The highest BCUT2D eigenvalue weighted by Gasteiger charge is 2.11. The first-order chi connectivity index (χ1) is 16.1. The summed E-state index contributed by atoms with van der Waals surface area (Å²) < 4.78 is 21.1. The molecule has 0 saturated heterocycles. The van der Waals surface area contributed by atoms with Crippen LogP contribution in [0.3, 0.4) is 0 Å². The summed E-state index contributed by atoms with van der Waals surface area (Å²) in [7, 11) is 0. The average Bonchev–Trinajstić information content (AvgIpc) is 3.18. The lowest BCUT2D eigenvalue weighted by molar-refractivity contribution is 0.0954. The Labute approximate surface area is 197 Å². The minimum absolute atomic E-state index is 0.225. The van der Waals surface area contributed by atoms with Gasteiger partial charge in [0.15, 0.2) is 0 Å². The maximum atomic E-state index is 13.1. The van der Waals surface area contributed by atoms with Gasteiger partial charge in [-0.2, -0.15) is 0 Å². The van der Waals surface area contributed by atoms with Crippen molar-refractivity contribution in [3.8, 4) is 5.75 Å². The van der Waals surface area contributed by atoms with E-state index in [9.17, 15) is 9.18 Å². The number of rotatable bonds is 10. The molecule has 1 aromatic heterocycles. The molecule has 1 heterocycles. The molecule has 170 valence electrons. The van der Waals surface area contributed by atoms with Gasteiger partial charge < -0.3 is 14.6 Å². The van der Waals surface area contributed by atoms with Gasteiger partial charge in [-0.15, -0.1) is 0 Å². The summed E-state index contributed by atoms with van der Waals surface area (Å²) in [4.78, 5) is 17.1. The van der Waals surface area contributed by atoms with E-state index in [0.717, 1.165) is 42.0 Å². The molecule has 7 heteroatoms. The Kier molecular flexibility index (Phi) is 7.58. The Morgan fingerprint density at radius 3 is 2.55 bits per heavy atom. The van der Waals surface area contributed by atoms with Crippen LogP contribution in [-0.4, -0.2) is 28.6 Å². The Morgan fingerprint density at radius 2 is 1.76 bits per heavy atom. The van der Waals surface area contributed by atoms with Gasteiger partial charge in [-0.3, -0.25) is 4.79 Å². The number of hydrogen-bond donors (Lipinski definition) is 1. The van der Waals surface area contributed by atoms with E-state index in [4.69, 9.17) is 21.3 Å². The molecule has 0 unspecified atom stereocenters. The molecule has 0 aliphatic rings. The normalized spacial score (nSPS) is 11.0. The fourth-order valence-electron chi connectivity index (χ4n) is 3.65. The van der Waals surface area contributed by atoms with Crippen LogP contribution in [0.4, 0.5) is 4.39 Å². The van der Waals surface area contributed by atoms with Crippen molar-refractivity contribution in [3.05, 3.63) is 95.0 Å². The van der Waals surface area contributed by atoms with Crippen molar-refractivity contribution < 1.29 is 13.9 Å². The number of unbranched alkanes of at least 4 members (excludes halogenated alkanes) is 1. The number of fused-ring (bicyclic) bond motifs is 1. The monoisotopic (exact) mass is 465 g/mol. The third-order valence-electron chi connectivity index (χ3n) is 5.33. The highest BCUT2D eigenvalue weighted by molar-refractivity contribution is 6.30. The number of halogens is 2. The Morgan fingerprint density at radius 1 is 1.00 bits per heavy atom. The van der Waals surface area contributed by atoms with E-state index in [-0.39, 0.29) is 11.7 Å². The third kappa shape index (κ3) is 6.11. The Balaban J connectivity index is 1.32. The van der Waals surface area contributed by atoms with Gasteiger partial charge in [-0.25, -0.2) is 9.37 Å². The van der Waals surface area contributed by atoms with Gasteiger partial charge in [-0.05, 0) is 73.5 Å². The first-order valence-electron chi connectivity index (χ1n) is 11.0. The maximum Gasteiger partial charge on any atom is 0.251 e. The number of aryl methyl sites for hydroxylation is 1. The van der Waals surface area contributed by atoms with Gasteiger partial charge in [0.25, 0.3) is 5.91 Å². The number of amides is 1. The molecule has 33 heavy (non-hydrogen) atoms. The summed E-state index contributed by atoms with van der Waals surface area (Å²) in [6.45, 7) is 1.88. The summed E-state index contributed by atoms with van der Waals surface area (Å²) in [6.07, 6.45) is 2.43. The van der Waals surface area contributed by atoms with Crippen molar-refractivity contribution in [1.82, 2.24) is 14.9 Å². The van der Waals surface area contributed by atoms with Crippen LogP contribution in [0.1, 0.15) is 29.0 Å². The van der Waals surface area contributed by atoms with Gasteiger partial charge in [0.05, 0.1) is 17.6 Å². The van der Waals surface area contributed by atoms with Crippen LogP contribution in [0.25, 0.3) is 11.0 Å². The van der Waals surface area contributed by atoms with Gasteiger partial charge in [-0.1, -0.05) is 23.7 Å². The van der Waals surface area contributed by atoms with Crippen molar-refractivity contribution in [2.24, 2.45) is 0 Å². The molecule has 0 aliphatic carbocycles. The minimum Gasteiger partial charge on any atom is -0.494 e. The Hall–Kier alpha value is -3.38.